The molecule has 2 aliphatic rings. The van der Waals surface area contributed by atoms with Gasteiger partial charge < -0.3 is 15.1 Å². The van der Waals surface area contributed by atoms with Gasteiger partial charge in [0, 0.05) is 42.3 Å². The minimum absolute atomic E-state index is 0.0541. The number of amides is 3. The summed E-state index contributed by atoms with van der Waals surface area (Å²) in [4.78, 5) is 59.5. The van der Waals surface area contributed by atoms with Crippen LogP contribution in [-0.4, -0.2) is 70.0 Å². The Hall–Kier alpha value is -3.85. The van der Waals surface area contributed by atoms with Crippen LogP contribution >= 0.6 is 11.3 Å². The summed E-state index contributed by atoms with van der Waals surface area (Å²) in [5.41, 5.74) is 2.50. The average molecular weight is 531 g/mol. The van der Waals surface area contributed by atoms with Crippen LogP contribution in [0.4, 0.5) is 0 Å². The highest BCUT2D eigenvalue weighted by atomic mass is 32.1. The van der Waals surface area contributed by atoms with Crippen molar-refractivity contribution in [3.8, 4) is 10.4 Å². The highest BCUT2D eigenvalue weighted by Crippen LogP contribution is 2.31. The van der Waals surface area contributed by atoms with Crippen LogP contribution in [0.3, 0.4) is 0 Å². The zero-order valence-corrected chi connectivity index (χ0v) is 21.9. The Morgan fingerprint density at radius 1 is 1.00 bits per heavy atom. The van der Waals surface area contributed by atoms with Crippen molar-refractivity contribution < 1.29 is 19.2 Å². The number of unbranched alkanes of at least 4 members (excludes halogenated alkanes) is 1. The van der Waals surface area contributed by atoms with Crippen molar-refractivity contribution in [3.05, 3.63) is 77.4 Å². The summed E-state index contributed by atoms with van der Waals surface area (Å²) in [7, 11) is 0. The van der Waals surface area contributed by atoms with E-state index in [1.165, 1.54) is 0 Å². The number of ketones is 1. The first-order valence-corrected chi connectivity index (χ1v) is 13.8. The first-order valence-electron chi connectivity index (χ1n) is 12.9. The molecule has 3 aromatic rings. The van der Waals surface area contributed by atoms with E-state index in [1.54, 1.807) is 39.6 Å². The topological polar surface area (TPSA) is 99.7 Å². The van der Waals surface area contributed by atoms with E-state index in [1.807, 2.05) is 47.8 Å². The maximum absolute atomic E-state index is 12.9. The first-order chi connectivity index (χ1) is 18.5. The fourth-order valence-electron chi connectivity index (χ4n) is 5.28. The number of hydrogen-bond donors (Lipinski definition) is 1. The van der Waals surface area contributed by atoms with Crippen LogP contribution in [0.2, 0.25) is 0 Å². The largest absolute Gasteiger partial charge is 0.352 e. The van der Waals surface area contributed by atoms with Crippen molar-refractivity contribution in [1.29, 1.82) is 0 Å². The Morgan fingerprint density at radius 3 is 2.58 bits per heavy atom. The molecule has 196 valence electrons. The second-order valence-corrected chi connectivity index (χ2v) is 10.6. The van der Waals surface area contributed by atoms with Crippen molar-refractivity contribution in [2.24, 2.45) is 0 Å². The average Bonchev–Trinajstić information content (AvgIpc) is 3.68. The molecule has 2 atom stereocenters. The van der Waals surface area contributed by atoms with Gasteiger partial charge in [0.15, 0.2) is 5.78 Å². The third kappa shape index (κ3) is 5.67. The maximum atomic E-state index is 12.9. The number of likely N-dealkylation sites (tertiary alicyclic amines) is 2. The van der Waals surface area contributed by atoms with E-state index in [0.717, 1.165) is 16.0 Å². The SMILES string of the molecule is O=C(NCCCCC(=O)N1CCC2C1C(=O)CN2C(=O)Cc1cccnc1)c1ccc(-c2cccs2)cc1. The van der Waals surface area contributed by atoms with Crippen molar-refractivity contribution >= 4 is 34.8 Å². The standard InChI is InChI=1S/C29H30N4O4S/c34-24-19-33(27(36)17-20-5-3-13-30-18-20)23-12-15-32(28(23)24)26(35)7-1-2-14-31-29(37)22-10-8-21(9-11-22)25-6-4-16-38-25/h3-6,8-11,13,16,18,23,28H,1-2,7,12,14-15,17,19H2,(H,31,37). The second-order valence-electron chi connectivity index (χ2n) is 9.68. The second kappa shape index (κ2) is 11.7. The van der Waals surface area contributed by atoms with Crippen molar-refractivity contribution in [1.82, 2.24) is 20.1 Å². The Labute approximate surface area is 225 Å². The summed E-state index contributed by atoms with van der Waals surface area (Å²) in [5.74, 6) is -0.380. The lowest BCUT2D eigenvalue weighted by Crippen LogP contribution is -2.43. The normalized spacial score (nSPS) is 18.5. The number of pyridine rings is 1. The number of Topliss-reactive ketones (excluding diaryl/α,β-unsaturated/α-hetero) is 1. The summed E-state index contributed by atoms with van der Waals surface area (Å²) in [5, 5.41) is 4.94. The highest BCUT2D eigenvalue weighted by molar-refractivity contribution is 7.13. The van der Waals surface area contributed by atoms with Gasteiger partial charge in [-0.25, -0.2) is 0 Å². The lowest BCUT2D eigenvalue weighted by Gasteiger charge is -2.24. The molecule has 1 N–H and O–H groups in total. The van der Waals surface area contributed by atoms with E-state index >= 15 is 0 Å². The molecule has 0 spiro atoms. The molecule has 2 unspecified atom stereocenters. The first kappa shape index (κ1) is 25.8. The summed E-state index contributed by atoms with van der Waals surface area (Å²) >= 11 is 1.66. The monoisotopic (exact) mass is 530 g/mol. The number of aromatic nitrogens is 1. The number of fused-ring (bicyclic) bond motifs is 1. The number of thiophene rings is 1. The van der Waals surface area contributed by atoms with Crippen LogP contribution in [0.5, 0.6) is 0 Å². The Morgan fingerprint density at radius 2 is 1.84 bits per heavy atom. The quantitative estimate of drug-likeness (QED) is 0.428. The molecular weight excluding hydrogens is 500 g/mol. The van der Waals surface area contributed by atoms with Gasteiger partial charge in [-0.05, 0) is 60.0 Å². The fraction of sp³-hybridized carbons (Fsp3) is 0.345. The molecule has 9 heteroatoms. The summed E-state index contributed by atoms with van der Waals surface area (Å²) < 4.78 is 0. The molecule has 0 saturated carbocycles. The Balaban J connectivity index is 1.05. The molecule has 0 aliphatic carbocycles. The van der Waals surface area contributed by atoms with E-state index in [-0.39, 0.29) is 42.5 Å². The number of nitrogens with zero attached hydrogens (tertiary/aromatic N) is 3. The minimum Gasteiger partial charge on any atom is -0.352 e. The van der Waals surface area contributed by atoms with Gasteiger partial charge in [0.05, 0.1) is 19.0 Å². The number of hydrogen-bond acceptors (Lipinski definition) is 6. The zero-order chi connectivity index (χ0) is 26.5. The van der Waals surface area contributed by atoms with Crippen LogP contribution < -0.4 is 5.32 Å². The molecule has 0 radical (unpaired) electrons. The lowest BCUT2D eigenvalue weighted by atomic mass is 10.1. The molecule has 2 saturated heterocycles. The fourth-order valence-corrected chi connectivity index (χ4v) is 6.01. The molecular formula is C29H30N4O4S. The third-order valence-electron chi connectivity index (χ3n) is 7.20. The third-order valence-corrected chi connectivity index (χ3v) is 8.12. The lowest BCUT2D eigenvalue weighted by molar-refractivity contribution is -0.136. The number of rotatable bonds is 9. The molecule has 4 heterocycles. The van der Waals surface area contributed by atoms with Gasteiger partial charge in [-0.3, -0.25) is 24.2 Å². The minimum atomic E-state index is -0.544. The number of carbonyl (C=O) groups is 4. The molecule has 38 heavy (non-hydrogen) atoms. The predicted molar refractivity (Wildman–Crippen MR) is 145 cm³/mol. The van der Waals surface area contributed by atoms with Gasteiger partial charge >= 0.3 is 0 Å². The highest BCUT2D eigenvalue weighted by Gasteiger charge is 2.50. The Kier molecular flexibility index (Phi) is 7.93. The smallest absolute Gasteiger partial charge is 0.251 e. The van der Waals surface area contributed by atoms with Gasteiger partial charge in [0.2, 0.25) is 11.8 Å². The van der Waals surface area contributed by atoms with E-state index in [0.29, 0.717) is 44.3 Å². The number of nitrogens with one attached hydrogen (secondary N) is 1. The van der Waals surface area contributed by atoms with Crippen LogP contribution in [0.25, 0.3) is 10.4 Å². The van der Waals surface area contributed by atoms with Crippen molar-refractivity contribution in [3.63, 3.8) is 0 Å². The molecule has 2 aliphatic heterocycles. The van der Waals surface area contributed by atoms with Crippen LogP contribution in [0, 0.1) is 0 Å². The van der Waals surface area contributed by atoms with E-state index in [4.69, 9.17) is 0 Å². The molecule has 3 amide bonds. The molecule has 2 aromatic heterocycles. The van der Waals surface area contributed by atoms with E-state index in [9.17, 15) is 19.2 Å². The Bertz CT molecular complexity index is 1290. The van der Waals surface area contributed by atoms with E-state index in [2.05, 4.69) is 10.3 Å². The molecule has 5 rings (SSSR count). The van der Waals surface area contributed by atoms with Gasteiger partial charge in [-0.15, -0.1) is 11.3 Å². The molecule has 0 bridgehead atoms. The zero-order valence-electron chi connectivity index (χ0n) is 21.0. The van der Waals surface area contributed by atoms with Gasteiger partial charge in [-0.1, -0.05) is 24.3 Å². The van der Waals surface area contributed by atoms with Crippen molar-refractivity contribution in [2.75, 3.05) is 19.6 Å². The summed E-state index contributed by atoms with van der Waals surface area (Å²) in [6.45, 7) is 1.01. The predicted octanol–water partition coefficient (Wildman–Crippen LogP) is 3.33. The molecule has 8 nitrogen and oxygen atoms in total. The molecule has 2 fully saturated rings. The van der Waals surface area contributed by atoms with Crippen molar-refractivity contribution in [2.45, 2.75) is 44.2 Å². The number of carbonyl (C=O) groups excluding carboxylic acids is 4. The molecule has 1 aromatic carbocycles. The van der Waals surface area contributed by atoms with Crippen LogP contribution in [0.15, 0.2) is 66.3 Å². The van der Waals surface area contributed by atoms with E-state index < -0.39 is 6.04 Å². The van der Waals surface area contributed by atoms with Gasteiger partial charge in [-0.2, -0.15) is 0 Å². The van der Waals surface area contributed by atoms with Gasteiger partial charge in [0.25, 0.3) is 5.91 Å². The maximum Gasteiger partial charge on any atom is 0.251 e. The summed E-state index contributed by atoms with van der Waals surface area (Å²) in [6, 6.07) is 14.4. The van der Waals surface area contributed by atoms with Crippen LogP contribution in [0.1, 0.15) is 41.6 Å². The van der Waals surface area contributed by atoms with Crippen LogP contribution in [-0.2, 0) is 20.8 Å². The summed E-state index contributed by atoms with van der Waals surface area (Å²) in [6.07, 6.45) is 5.71. The van der Waals surface area contributed by atoms with Gasteiger partial charge in [0.1, 0.15) is 6.04 Å². The number of benzene rings is 1.